The molecule has 5 nitrogen and oxygen atoms in total. The van der Waals surface area contributed by atoms with E-state index in [1.807, 2.05) is 24.7 Å². The van der Waals surface area contributed by atoms with Gasteiger partial charge >= 0.3 is 0 Å². The van der Waals surface area contributed by atoms with E-state index in [2.05, 4.69) is 20.5 Å². The summed E-state index contributed by atoms with van der Waals surface area (Å²) >= 11 is 1.55. The molecule has 2 aromatic heterocycles. The maximum absolute atomic E-state index is 4.03. The largest absolute Gasteiger partial charge is 0.354 e. The molecule has 2 heterocycles. The van der Waals surface area contributed by atoms with Crippen molar-refractivity contribution in [3.05, 3.63) is 23.2 Å². The lowest BCUT2D eigenvalue weighted by atomic mass is 10.5. The summed E-state index contributed by atoms with van der Waals surface area (Å²) in [6.45, 7) is 2.66. The maximum atomic E-state index is 4.03. The van der Waals surface area contributed by atoms with Gasteiger partial charge in [0.15, 0.2) is 0 Å². The van der Waals surface area contributed by atoms with Gasteiger partial charge in [0.1, 0.15) is 5.01 Å². The zero-order valence-corrected chi connectivity index (χ0v) is 8.88. The number of imidazole rings is 1. The van der Waals surface area contributed by atoms with E-state index in [1.54, 1.807) is 17.7 Å². The summed E-state index contributed by atoms with van der Waals surface area (Å²) in [4.78, 5) is 4.03. The predicted octanol–water partition coefficient (Wildman–Crippen LogP) is 1.19. The third kappa shape index (κ3) is 1.90. The molecule has 0 amide bonds. The van der Waals surface area contributed by atoms with E-state index in [1.165, 1.54) is 0 Å². The molecule has 0 saturated heterocycles. The fraction of sp³-hybridized carbons (Fsp3) is 0.375. The number of nitrogens with zero attached hydrogens (tertiary/aromatic N) is 4. The molecule has 0 aliphatic heterocycles. The zero-order chi connectivity index (χ0) is 9.97. The standard InChI is InChI=1S/C8H11N5S/c1-6-11-12-8(14-6)10-4-7-3-9-5-13(7)2/h3,5H,4H2,1-2H3,(H,10,12). The lowest BCUT2D eigenvalue weighted by Gasteiger charge is -2.01. The van der Waals surface area contributed by atoms with Crippen LogP contribution in [0.25, 0.3) is 0 Å². The third-order valence-electron chi connectivity index (χ3n) is 1.86. The summed E-state index contributed by atoms with van der Waals surface area (Å²) in [6.07, 6.45) is 3.61. The number of aryl methyl sites for hydroxylation is 2. The van der Waals surface area contributed by atoms with Crippen LogP contribution in [0.5, 0.6) is 0 Å². The van der Waals surface area contributed by atoms with Crippen molar-refractivity contribution in [3.8, 4) is 0 Å². The molecule has 0 bridgehead atoms. The normalized spacial score (nSPS) is 10.4. The summed E-state index contributed by atoms with van der Waals surface area (Å²) < 4.78 is 1.97. The Kier molecular flexibility index (Phi) is 2.45. The lowest BCUT2D eigenvalue weighted by Crippen LogP contribution is -2.03. The Morgan fingerprint density at radius 3 is 2.93 bits per heavy atom. The molecular formula is C8H11N5S. The minimum Gasteiger partial charge on any atom is -0.354 e. The van der Waals surface area contributed by atoms with Gasteiger partial charge in [-0.2, -0.15) is 0 Å². The molecule has 0 aliphatic rings. The molecule has 2 rings (SSSR count). The van der Waals surface area contributed by atoms with Crippen LogP contribution in [0.4, 0.5) is 5.13 Å². The fourth-order valence-corrected chi connectivity index (χ4v) is 1.68. The molecular weight excluding hydrogens is 198 g/mol. The molecule has 2 aromatic rings. The highest BCUT2D eigenvalue weighted by molar-refractivity contribution is 7.15. The van der Waals surface area contributed by atoms with Crippen LogP contribution in [0, 0.1) is 6.92 Å². The summed E-state index contributed by atoms with van der Waals surface area (Å²) in [5.41, 5.74) is 1.12. The number of nitrogens with one attached hydrogen (secondary N) is 1. The monoisotopic (exact) mass is 209 g/mol. The van der Waals surface area contributed by atoms with Crippen molar-refractivity contribution in [2.24, 2.45) is 7.05 Å². The minimum absolute atomic E-state index is 0.727. The van der Waals surface area contributed by atoms with E-state index in [-0.39, 0.29) is 0 Å². The number of hydrogen-bond donors (Lipinski definition) is 1. The smallest absolute Gasteiger partial charge is 0.205 e. The summed E-state index contributed by atoms with van der Waals surface area (Å²) in [5.74, 6) is 0. The Labute approximate surface area is 85.8 Å². The van der Waals surface area contributed by atoms with Crippen molar-refractivity contribution in [2.45, 2.75) is 13.5 Å². The van der Waals surface area contributed by atoms with Gasteiger partial charge in [0.2, 0.25) is 5.13 Å². The molecule has 0 saturated carbocycles. The average Bonchev–Trinajstić information content (AvgIpc) is 2.72. The van der Waals surface area contributed by atoms with Gasteiger partial charge in [-0.1, -0.05) is 11.3 Å². The molecule has 0 fully saturated rings. The maximum Gasteiger partial charge on any atom is 0.205 e. The molecule has 74 valence electrons. The molecule has 6 heteroatoms. The first-order valence-electron chi connectivity index (χ1n) is 4.25. The second-order valence-corrected chi connectivity index (χ2v) is 4.16. The first kappa shape index (κ1) is 9.14. The third-order valence-corrected chi connectivity index (χ3v) is 2.66. The Morgan fingerprint density at radius 1 is 1.50 bits per heavy atom. The van der Waals surface area contributed by atoms with Gasteiger partial charge in [-0.3, -0.25) is 0 Å². The highest BCUT2D eigenvalue weighted by Crippen LogP contribution is 2.14. The van der Waals surface area contributed by atoms with Gasteiger partial charge in [-0.25, -0.2) is 4.98 Å². The van der Waals surface area contributed by atoms with Crippen LogP contribution in [0.2, 0.25) is 0 Å². The molecule has 0 aliphatic carbocycles. The Hall–Kier alpha value is -1.43. The number of rotatable bonds is 3. The average molecular weight is 209 g/mol. The molecule has 0 aromatic carbocycles. The molecule has 0 unspecified atom stereocenters. The van der Waals surface area contributed by atoms with Crippen molar-refractivity contribution in [1.82, 2.24) is 19.7 Å². The van der Waals surface area contributed by atoms with Crippen molar-refractivity contribution < 1.29 is 0 Å². The van der Waals surface area contributed by atoms with Crippen LogP contribution in [0.1, 0.15) is 10.7 Å². The SMILES string of the molecule is Cc1nnc(NCc2cncn2C)s1. The fourth-order valence-electron chi connectivity index (χ4n) is 1.09. The molecule has 0 atom stereocenters. The number of anilines is 1. The Balaban J connectivity index is 1.98. The van der Waals surface area contributed by atoms with Gasteiger partial charge in [0.05, 0.1) is 18.6 Å². The van der Waals surface area contributed by atoms with Crippen LogP contribution in [-0.4, -0.2) is 19.7 Å². The van der Waals surface area contributed by atoms with Crippen molar-refractivity contribution in [3.63, 3.8) is 0 Å². The molecule has 14 heavy (non-hydrogen) atoms. The van der Waals surface area contributed by atoms with E-state index >= 15 is 0 Å². The van der Waals surface area contributed by atoms with Gasteiger partial charge in [-0.05, 0) is 6.92 Å². The molecule has 1 N–H and O–H groups in total. The van der Waals surface area contributed by atoms with Gasteiger partial charge in [0.25, 0.3) is 0 Å². The highest BCUT2D eigenvalue weighted by atomic mass is 32.1. The van der Waals surface area contributed by atoms with Gasteiger partial charge in [0, 0.05) is 13.2 Å². The summed E-state index contributed by atoms with van der Waals surface area (Å²) in [5, 5.41) is 12.9. The second-order valence-electron chi connectivity index (χ2n) is 2.98. The summed E-state index contributed by atoms with van der Waals surface area (Å²) in [7, 11) is 1.97. The zero-order valence-electron chi connectivity index (χ0n) is 8.06. The van der Waals surface area contributed by atoms with Crippen molar-refractivity contribution in [1.29, 1.82) is 0 Å². The van der Waals surface area contributed by atoms with Crippen LogP contribution < -0.4 is 5.32 Å². The van der Waals surface area contributed by atoms with E-state index in [4.69, 9.17) is 0 Å². The predicted molar refractivity (Wildman–Crippen MR) is 55.2 cm³/mol. The number of aromatic nitrogens is 4. The van der Waals surface area contributed by atoms with E-state index in [9.17, 15) is 0 Å². The molecule has 0 radical (unpaired) electrons. The van der Waals surface area contributed by atoms with Crippen LogP contribution in [0.15, 0.2) is 12.5 Å². The topological polar surface area (TPSA) is 55.6 Å². The first-order chi connectivity index (χ1) is 6.75. The highest BCUT2D eigenvalue weighted by Gasteiger charge is 2.01. The molecule has 0 spiro atoms. The van der Waals surface area contributed by atoms with E-state index < -0.39 is 0 Å². The second kappa shape index (κ2) is 3.75. The van der Waals surface area contributed by atoms with Gasteiger partial charge in [-0.15, -0.1) is 10.2 Å². The van der Waals surface area contributed by atoms with Gasteiger partial charge < -0.3 is 9.88 Å². The first-order valence-corrected chi connectivity index (χ1v) is 5.06. The quantitative estimate of drug-likeness (QED) is 0.825. The van der Waals surface area contributed by atoms with Crippen LogP contribution >= 0.6 is 11.3 Å². The number of hydrogen-bond acceptors (Lipinski definition) is 5. The van der Waals surface area contributed by atoms with E-state index in [0.717, 1.165) is 22.4 Å². The van der Waals surface area contributed by atoms with Crippen molar-refractivity contribution in [2.75, 3.05) is 5.32 Å². The minimum atomic E-state index is 0.727. The van der Waals surface area contributed by atoms with E-state index in [0.29, 0.717) is 0 Å². The van der Waals surface area contributed by atoms with Crippen LogP contribution in [0.3, 0.4) is 0 Å². The van der Waals surface area contributed by atoms with Crippen molar-refractivity contribution >= 4 is 16.5 Å². The summed E-state index contributed by atoms with van der Waals surface area (Å²) in [6, 6.07) is 0. The van der Waals surface area contributed by atoms with Crippen LogP contribution in [-0.2, 0) is 13.6 Å². The lowest BCUT2D eigenvalue weighted by molar-refractivity contribution is 0.835. The Bertz CT molecular complexity index is 419. The Morgan fingerprint density at radius 2 is 2.36 bits per heavy atom.